The van der Waals surface area contributed by atoms with E-state index in [1.165, 1.54) is 10.6 Å². The van der Waals surface area contributed by atoms with Crippen LogP contribution < -0.4 is 21.3 Å². The number of nitrogens with one attached hydrogen (secondary N) is 2. The van der Waals surface area contributed by atoms with Gasteiger partial charge in [0.05, 0.1) is 17.4 Å². The molecule has 24 heavy (non-hydrogen) atoms. The van der Waals surface area contributed by atoms with E-state index in [1.807, 2.05) is 24.3 Å². The van der Waals surface area contributed by atoms with Crippen LogP contribution in [0, 0.1) is 0 Å². The predicted octanol–water partition coefficient (Wildman–Crippen LogP) is 1.23. The third-order valence-electron chi connectivity index (χ3n) is 3.60. The van der Waals surface area contributed by atoms with E-state index in [0.717, 1.165) is 16.9 Å². The second-order valence-corrected chi connectivity index (χ2v) is 6.21. The van der Waals surface area contributed by atoms with Crippen molar-refractivity contribution in [2.75, 3.05) is 7.11 Å². The molecule has 1 amide bonds. The van der Waals surface area contributed by atoms with Crippen LogP contribution in [0.1, 0.15) is 15.2 Å². The SMILES string of the molecule is COc1cccc(CNC(=O)c2cc3c(=O)[nH]c(=O)n(C)c3s2)c1. The summed E-state index contributed by atoms with van der Waals surface area (Å²) in [5, 5.41) is 3.12. The van der Waals surface area contributed by atoms with Crippen molar-refractivity contribution < 1.29 is 9.53 Å². The molecule has 2 aromatic heterocycles. The van der Waals surface area contributed by atoms with E-state index in [4.69, 9.17) is 4.74 Å². The van der Waals surface area contributed by atoms with Crippen LogP contribution in [-0.2, 0) is 13.6 Å². The molecule has 0 aliphatic rings. The second kappa shape index (κ2) is 6.32. The normalized spacial score (nSPS) is 10.8. The highest BCUT2D eigenvalue weighted by Gasteiger charge is 2.14. The Morgan fingerprint density at radius 2 is 2.12 bits per heavy atom. The van der Waals surface area contributed by atoms with E-state index in [9.17, 15) is 14.4 Å². The first kappa shape index (κ1) is 16.0. The van der Waals surface area contributed by atoms with Gasteiger partial charge in [-0.1, -0.05) is 12.1 Å². The summed E-state index contributed by atoms with van der Waals surface area (Å²) in [7, 11) is 3.13. The van der Waals surface area contributed by atoms with Gasteiger partial charge in [-0.05, 0) is 23.8 Å². The van der Waals surface area contributed by atoms with E-state index >= 15 is 0 Å². The fourth-order valence-corrected chi connectivity index (χ4v) is 3.33. The quantitative estimate of drug-likeness (QED) is 0.744. The van der Waals surface area contributed by atoms with Gasteiger partial charge in [-0.25, -0.2) is 4.79 Å². The summed E-state index contributed by atoms with van der Waals surface area (Å²) in [4.78, 5) is 38.8. The molecule has 8 heteroatoms. The van der Waals surface area contributed by atoms with Crippen molar-refractivity contribution in [3.63, 3.8) is 0 Å². The number of H-pyrrole nitrogens is 1. The Kier molecular flexibility index (Phi) is 4.22. The number of aromatic nitrogens is 2. The van der Waals surface area contributed by atoms with Crippen LogP contribution in [0.4, 0.5) is 0 Å². The van der Waals surface area contributed by atoms with Crippen LogP contribution in [0.5, 0.6) is 5.75 Å². The molecule has 0 fully saturated rings. The number of aryl methyl sites for hydroxylation is 1. The maximum atomic E-state index is 12.3. The van der Waals surface area contributed by atoms with Gasteiger partial charge in [0.25, 0.3) is 11.5 Å². The highest BCUT2D eigenvalue weighted by Crippen LogP contribution is 2.21. The lowest BCUT2D eigenvalue weighted by atomic mass is 10.2. The highest BCUT2D eigenvalue weighted by molar-refractivity contribution is 7.20. The number of nitrogens with zero attached hydrogens (tertiary/aromatic N) is 1. The molecule has 0 aliphatic heterocycles. The average molecular weight is 345 g/mol. The van der Waals surface area contributed by atoms with Crippen LogP contribution in [0.25, 0.3) is 10.2 Å². The zero-order valence-electron chi connectivity index (χ0n) is 13.1. The standard InChI is InChI=1S/C16H15N3O4S/c1-19-15-11(13(20)18-16(19)22)7-12(24-15)14(21)17-8-9-4-3-5-10(6-9)23-2/h3-7H,8H2,1-2H3,(H,17,21)(H,18,20,22). The fraction of sp³-hybridized carbons (Fsp3) is 0.188. The van der Waals surface area contributed by atoms with E-state index in [1.54, 1.807) is 14.2 Å². The Bertz CT molecular complexity index is 1030. The Hall–Kier alpha value is -2.87. The minimum Gasteiger partial charge on any atom is -0.497 e. The largest absolute Gasteiger partial charge is 0.497 e. The number of methoxy groups -OCH3 is 1. The smallest absolute Gasteiger partial charge is 0.329 e. The Balaban J connectivity index is 1.84. The van der Waals surface area contributed by atoms with Crippen molar-refractivity contribution in [2.24, 2.45) is 7.05 Å². The number of carbonyl (C=O) groups is 1. The molecule has 124 valence electrons. The topological polar surface area (TPSA) is 93.2 Å². The molecule has 0 radical (unpaired) electrons. The van der Waals surface area contributed by atoms with E-state index in [2.05, 4.69) is 10.3 Å². The zero-order chi connectivity index (χ0) is 17.3. The second-order valence-electron chi connectivity index (χ2n) is 5.18. The Morgan fingerprint density at radius 3 is 2.88 bits per heavy atom. The van der Waals surface area contributed by atoms with Crippen LogP contribution in [0.3, 0.4) is 0 Å². The first-order valence-corrected chi connectivity index (χ1v) is 7.95. The monoisotopic (exact) mass is 345 g/mol. The van der Waals surface area contributed by atoms with Gasteiger partial charge in [-0.3, -0.25) is 19.1 Å². The van der Waals surface area contributed by atoms with Gasteiger partial charge in [0.1, 0.15) is 10.6 Å². The molecule has 3 rings (SSSR count). The maximum Gasteiger partial charge on any atom is 0.329 e. The van der Waals surface area contributed by atoms with Gasteiger partial charge in [0.2, 0.25) is 0 Å². The maximum absolute atomic E-state index is 12.3. The third-order valence-corrected chi connectivity index (χ3v) is 4.81. The van der Waals surface area contributed by atoms with Crippen LogP contribution in [0.15, 0.2) is 39.9 Å². The predicted molar refractivity (Wildman–Crippen MR) is 91.9 cm³/mol. The van der Waals surface area contributed by atoms with Gasteiger partial charge in [0, 0.05) is 13.6 Å². The number of aromatic amines is 1. The summed E-state index contributed by atoms with van der Waals surface area (Å²) >= 11 is 1.11. The molecule has 1 aromatic carbocycles. The molecule has 7 nitrogen and oxygen atoms in total. The number of rotatable bonds is 4. The summed E-state index contributed by atoms with van der Waals surface area (Å²) in [6, 6.07) is 8.88. The summed E-state index contributed by atoms with van der Waals surface area (Å²) in [5.74, 6) is 0.413. The van der Waals surface area contributed by atoms with Crippen LogP contribution in [-0.4, -0.2) is 22.6 Å². The Morgan fingerprint density at radius 1 is 1.33 bits per heavy atom. The number of hydrogen-bond donors (Lipinski definition) is 2. The Labute approximate surface area is 140 Å². The van der Waals surface area contributed by atoms with E-state index < -0.39 is 11.2 Å². The highest BCUT2D eigenvalue weighted by atomic mass is 32.1. The van der Waals surface area contributed by atoms with Crippen molar-refractivity contribution in [1.82, 2.24) is 14.9 Å². The average Bonchev–Trinajstić information content (AvgIpc) is 3.04. The van der Waals surface area contributed by atoms with Gasteiger partial charge in [-0.2, -0.15) is 0 Å². The molecule has 3 aromatic rings. The van der Waals surface area contributed by atoms with Crippen molar-refractivity contribution in [3.05, 3.63) is 61.6 Å². The number of hydrogen-bond acceptors (Lipinski definition) is 5. The van der Waals surface area contributed by atoms with Gasteiger partial charge < -0.3 is 10.1 Å². The number of fused-ring (bicyclic) bond motifs is 1. The van der Waals surface area contributed by atoms with Gasteiger partial charge in [-0.15, -0.1) is 11.3 Å². The van der Waals surface area contributed by atoms with Crippen molar-refractivity contribution in [1.29, 1.82) is 0 Å². The number of amides is 1. The fourth-order valence-electron chi connectivity index (χ4n) is 2.30. The first-order valence-electron chi connectivity index (χ1n) is 7.13. The molecule has 0 atom stereocenters. The molecule has 0 spiro atoms. The van der Waals surface area contributed by atoms with Crippen molar-refractivity contribution in [3.8, 4) is 5.75 Å². The lowest BCUT2D eigenvalue weighted by Crippen LogP contribution is -2.27. The first-order chi connectivity index (χ1) is 11.5. The molecule has 0 saturated heterocycles. The molecule has 0 saturated carbocycles. The number of benzene rings is 1. The molecule has 2 heterocycles. The molecule has 0 unspecified atom stereocenters. The molecule has 0 bridgehead atoms. The lowest BCUT2D eigenvalue weighted by molar-refractivity contribution is 0.0955. The van der Waals surface area contributed by atoms with Crippen LogP contribution >= 0.6 is 11.3 Å². The molecular weight excluding hydrogens is 330 g/mol. The number of thiophene rings is 1. The van der Waals surface area contributed by atoms with Crippen molar-refractivity contribution in [2.45, 2.75) is 6.54 Å². The number of carbonyl (C=O) groups excluding carboxylic acids is 1. The summed E-state index contributed by atoms with van der Waals surface area (Å²) in [6.07, 6.45) is 0. The summed E-state index contributed by atoms with van der Waals surface area (Å²) in [6.45, 7) is 0.333. The number of ether oxygens (including phenoxy) is 1. The molecular formula is C16H15N3O4S. The summed E-state index contributed by atoms with van der Waals surface area (Å²) < 4.78 is 6.46. The molecule has 0 aliphatic carbocycles. The van der Waals surface area contributed by atoms with Gasteiger partial charge in [0.15, 0.2) is 0 Å². The van der Waals surface area contributed by atoms with E-state index in [0.29, 0.717) is 27.4 Å². The lowest BCUT2D eigenvalue weighted by Gasteiger charge is -2.05. The van der Waals surface area contributed by atoms with Crippen molar-refractivity contribution >= 4 is 27.5 Å². The van der Waals surface area contributed by atoms with E-state index in [-0.39, 0.29) is 5.91 Å². The minimum absolute atomic E-state index is 0.300. The summed E-state index contributed by atoms with van der Waals surface area (Å²) in [5.41, 5.74) is -0.0945. The zero-order valence-corrected chi connectivity index (χ0v) is 13.9. The third kappa shape index (κ3) is 2.95. The van der Waals surface area contributed by atoms with Gasteiger partial charge >= 0.3 is 5.69 Å². The van der Waals surface area contributed by atoms with Crippen LogP contribution in [0.2, 0.25) is 0 Å². The molecule has 2 N–H and O–H groups in total. The minimum atomic E-state index is -0.502.